The Balaban J connectivity index is 2.61. The van der Waals surface area contributed by atoms with Crippen molar-refractivity contribution in [3.63, 3.8) is 0 Å². The maximum atomic E-state index is 10.8. The molecule has 0 bridgehead atoms. The van der Waals surface area contributed by atoms with E-state index in [1.807, 2.05) is 13.8 Å². The van der Waals surface area contributed by atoms with Gasteiger partial charge in [-0.1, -0.05) is 19.9 Å². The highest BCUT2D eigenvalue weighted by molar-refractivity contribution is 5.82. The van der Waals surface area contributed by atoms with Crippen LogP contribution in [0.1, 0.15) is 13.8 Å². The van der Waals surface area contributed by atoms with E-state index < -0.39 is 11.9 Å². The molecule has 1 N–H and O–H groups in total. The summed E-state index contributed by atoms with van der Waals surface area (Å²) in [6.07, 6.45) is 2.90. The Kier molecular flexibility index (Phi) is 2.64. The zero-order valence-electron chi connectivity index (χ0n) is 8.48. The molecular formula is C10H14O4. The minimum Gasteiger partial charge on any atom is -0.481 e. The van der Waals surface area contributed by atoms with Gasteiger partial charge in [0.25, 0.3) is 0 Å². The Hall–Kier alpha value is -1.32. The number of carbonyl (C=O) groups excluding carboxylic acids is 1. The first-order valence-corrected chi connectivity index (χ1v) is 4.40. The van der Waals surface area contributed by atoms with Crippen LogP contribution in [0, 0.1) is 17.3 Å². The molecule has 0 radical (unpaired) electrons. The van der Waals surface area contributed by atoms with Crippen molar-refractivity contribution in [2.45, 2.75) is 13.8 Å². The summed E-state index contributed by atoms with van der Waals surface area (Å²) in [5.41, 5.74) is -0.254. The predicted molar refractivity (Wildman–Crippen MR) is 49.6 cm³/mol. The van der Waals surface area contributed by atoms with Crippen LogP contribution in [0.5, 0.6) is 0 Å². The number of carboxylic acids is 1. The lowest BCUT2D eigenvalue weighted by molar-refractivity contribution is -0.139. The van der Waals surface area contributed by atoms with Crippen molar-refractivity contribution >= 4 is 11.9 Å². The van der Waals surface area contributed by atoms with Gasteiger partial charge in [0.1, 0.15) is 0 Å². The van der Waals surface area contributed by atoms with Crippen LogP contribution < -0.4 is 0 Å². The lowest BCUT2D eigenvalue weighted by Gasteiger charge is -1.96. The summed E-state index contributed by atoms with van der Waals surface area (Å²) in [6, 6.07) is 0. The predicted octanol–water partition coefficient (Wildman–Crippen LogP) is 1.07. The average molecular weight is 198 g/mol. The maximum Gasteiger partial charge on any atom is 0.330 e. The minimum absolute atomic E-state index is 0.0703. The summed E-state index contributed by atoms with van der Waals surface area (Å²) in [7, 11) is 1.29. The summed E-state index contributed by atoms with van der Waals surface area (Å²) in [5.74, 6) is -1.71. The number of carbonyl (C=O) groups is 2. The van der Waals surface area contributed by atoms with Gasteiger partial charge >= 0.3 is 11.9 Å². The van der Waals surface area contributed by atoms with Crippen molar-refractivity contribution in [1.29, 1.82) is 0 Å². The maximum absolute atomic E-state index is 10.8. The second kappa shape index (κ2) is 3.44. The van der Waals surface area contributed by atoms with E-state index in [1.165, 1.54) is 13.2 Å². The van der Waals surface area contributed by atoms with Crippen molar-refractivity contribution in [3.8, 4) is 0 Å². The minimum atomic E-state index is -0.811. The molecular weight excluding hydrogens is 184 g/mol. The van der Waals surface area contributed by atoms with E-state index in [2.05, 4.69) is 4.74 Å². The first kappa shape index (κ1) is 10.8. The molecule has 1 saturated carbocycles. The van der Waals surface area contributed by atoms with E-state index in [0.717, 1.165) is 0 Å². The van der Waals surface area contributed by atoms with E-state index in [4.69, 9.17) is 5.11 Å². The van der Waals surface area contributed by atoms with Gasteiger partial charge in [-0.05, 0) is 11.3 Å². The number of ether oxygens (including phenoxy) is 1. The molecule has 1 aliphatic rings. The number of methoxy groups -OCH3 is 1. The Morgan fingerprint density at radius 3 is 2.36 bits per heavy atom. The molecule has 0 aromatic heterocycles. The van der Waals surface area contributed by atoms with Crippen LogP contribution in [0.3, 0.4) is 0 Å². The molecule has 1 aliphatic carbocycles. The largest absolute Gasteiger partial charge is 0.481 e. The highest BCUT2D eigenvalue weighted by Gasteiger charge is 2.60. The van der Waals surface area contributed by atoms with Gasteiger partial charge in [-0.25, -0.2) is 4.79 Å². The Labute approximate surface area is 82.6 Å². The number of carboxylic acid groups (broad SMARTS) is 1. The number of allylic oxidation sites excluding steroid dienone is 1. The molecule has 0 aliphatic heterocycles. The topological polar surface area (TPSA) is 63.6 Å². The number of esters is 1. The Morgan fingerprint density at radius 1 is 1.43 bits per heavy atom. The summed E-state index contributed by atoms with van der Waals surface area (Å²) >= 11 is 0. The molecule has 1 unspecified atom stereocenters. The third kappa shape index (κ3) is 1.78. The Morgan fingerprint density at radius 2 is 2.00 bits per heavy atom. The normalized spacial score (nSPS) is 28.8. The van der Waals surface area contributed by atoms with Crippen molar-refractivity contribution in [1.82, 2.24) is 0 Å². The molecule has 0 spiro atoms. The number of hydrogen-bond acceptors (Lipinski definition) is 3. The molecule has 0 aromatic rings. The molecule has 0 saturated heterocycles. The molecule has 0 amide bonds. The fourth-order valence-electron chi connectivity index (χ4n) is 1.76. The SMILES string of the molecule is COC(=O)/C=C\C1[C@@H](C(=O)O)C1(C)C. The van der Waals surface area contributed by atoms with E-state index in [1.54, 1.807) is 6.08 Å². The van der Waals surface area contributed by atoms with Crippen LogP contribution in [0.25, 0.3) is 0 Å². The highest BCUT2D eigenvalue weighted by atomic mass is 16.5. The fraction of sp³-hybridized carbons (Fsp3) is 0.600. The first-order chi connectivity index (χ1) is 6.41. The van der Waals surface area contributed by atoms with E-state index in [-0.39, 0.29) is 17.3 Å². The summed E-state index contributed by atoms with van der Waals surface area (Å²) in [4.78, 5) is 21.5. The zero-order chi connectivity index (χ0) is 10.9. The average Bonchev–Trinajstić information content (AvgIpc) is 2.64. The zero-order valence-corrected chi connectivity index (χ0v) is 8.48. The standard InChI is InChI=1S/C10H14O4/c1-10(2)6(8(10)9(12)13)4-5-7(11)14-3/h4-6,8H,1-3H3,(H,12,13)/b5-4-/t6?,8-/m0/s1. The van der Waals surface area contributed by atoms with E-state index >= 15 is 0 Å². The van der Waals surface area contributed by atoms with Crippen LogP contribution in [0.2, 0.25) is 0 Å². The van der Waals surface area contributed by atoms with E-state index in [9.17, 15) is 9.59 Å². The van der Waals surface area contributed by atoms with Crippen molar-refractivity contribution < 1.29 is 19.4 Å². The smallest absolute Gasteiger partial charge is 0.330 e. The summed E-state index contributed by atoms with van der Waals surface area (Å²) < 4.78 is 4.42. The molecule has 78 valence electrons. The molecule has 2 atom stereocenters. The van der Waals surface area contributed by atoms with Crippen LogP contribution in [0.15, 0.2) is 12.2 Å². The van der Waals surface area contributed by atoms with Crippen LogP contribution in [-0.4, -0.2) is 24.2 Å². The number of hydrogen-bond donors (Lipinski definition) is 1. The molecule has 1 fully saturated rings. The Bertz CT molecular complexity index is 290. The van der Waals surface area contributed by atoms with Gasteiger partial charge in [-0.3, -0.25) is 4.79 Å². The summed E-state index contributed by atoms with van der Waals surface area (Å²) in [5, 5.41) is 8.83. The van der Waals surface area contributed by atoms with Crippen molar-refractivity contribution in [3.05, 3.63) is 12.2 Å². The monoisotopic (exact) mass is 198 g/mol. The van der Waals surface area contributed by atoms with Crippen LogP contribution in [0.4, 0.5) is 0 Å². The lowest BCUT2D eigenvalue weighted by atomic mass is 10.1. The van der Waals surface area contributed by atoms with Crippen molar-refractivity contribution in [2.75, 3.05) is 7.11 Å². The van der Waals surface area contributed by atoms with Gasteiger partial charge in [0.15, 0.2) is 0 Å². The molecule has 1 rings (SSSR count). The number of aliphatic carboxylic acids is 1. The third-order valence-electron chi connectivity index (χ3n) is 2.82. The second-order valence-electron chi connectivity index (χ2n) is 4.05. The van der Waals surface area contributed by atoms with Gasteiger partial charge in [0.2, 0.25) is 0 Å². The van der Waals surface area contributed by atoms with Gasteiger partial charge in [0.05, 0.1) is 13.0 Å². The van der Waals surface area contributed by atoms with Gasteiger partial charge in [-0.2, -0.15) is 0 Å². The van der Waals surface area contributed by atoms with Crippen LogP contribution >= 0.6 is 0 Å². The molecule has 4 heteroatoms. The third-order valence-corrected chi connectivity index (χ3v) is 2.82. The molecule has 0 heterocycles. The van der Waals surface area contributed by atoms with Crippen molar-refractivity contribution in [2.24, 2.45) is 17.3 Å². The highest BCUT2D eigenvalue weighted by Crippen LogP contribution is 2.58. The molecule has 4 nitrogen and oxygen atoms in total. The quantitative estimate of drug-likeness (QED) is 0.544. The first-order valence-electron chi connectivity index (χ1n) is 4.40. The van der Waals surface area contributed by atoms with E-state index in [0.29, 0.717) is 0 Å². The van der Waals surface area contributed by atoms with Gasteiger partial charge in [0, 0.05) is 6.08 Å². The second-order valence-corrected chi connectivity index (χ2v) is 4.05. The van der Waals surface area contributed by atoms with Gasteiger partial charge < -0.3 is 9.84 Å². The molecule has 14 heavy (non-hydrogen) atoms. The number of rotatable bonds is 3. The molecule has 0 aromatic carbocycles. The lowest BCUT2D eigenvalue weighted by Crippen LogP contribution is -2.03. The van der Waals surface area contributed by atoms with Gasteiger partial charge in [-0.15, -0.1) is 0 Å². The summed E-state index contributed by atoms with van der Waals surface area (Å²) in [6.45, 7) is 3.75. The van der Waals surface area contributed by atoms with Crippen LogP contribution in [-0.2, 0) is 14.3 Å². The fourth-order valence-corrected chi connectivity index (χ4v) is 1.76.